The van der Waals surface area contributed by atoms with E-state index in [0.29, 0.717) is 26.2 Å². The molecule has 1 aromatic rings. The summed E-state index contributed by atoms with van der Waals surface area (Å²) >= 11 is 0. The van der Waals surface area contributed by atoms with Gasteiger partial charge in [-0.1, -0.05) is 30.3 Å². The molecule has 0 aliphatic carbocycles. The quantitative estimate of drug-likeness (QED) is 0.526. The highest BCUT2D eigenvalue weighted by Crippen LogP contribution is 2.09. The molecule has 0 saturated heterocycles. The summed E-state index contributed by atoms with van der Waals surface area (Å²) in [6.07, 6.45) is -0.200. The van der Waals surface area contributed by atoms with E-state index in [-0.39, 0.29) is 0 Å². The molecule has 1 aromatic carbocycles. The minimum absolute atomic E-state index is 0.399. The van der Waals surface area contributed by atoms with Crippen LogP contribution < -0.4 is 0 Å². The van der Waals surface area contributed by atoms with Crippen molar-refractivity contribution in [2.45, 2.75) is 13.0 Å². The largest absolute Gasteiger partial charge is 0.492 e. The van der Waals surface area contributed by atoms with Crippen LogP contribution in [-0.4, -0.2) is 38.5 Å². The van der Waals surface area contributed by atoms with Gasteiger partial charge >= 0.3 is 6.98 Å². The van der Waals surface area contributed by atoms with E-state index >= 15 is 0 Å². The van der Waals surface area contributed by atoms with Crippen molar-refractivity contribution < 1.29 is 17.7 Å². The van der Waals surface area contributed by atoms with E-state index in [1.54, 1.807) is 0 Å². The molecular formula is C12H18BF3NO-. The Morgan fingerprint density at radius 3 is 2.44 bits per heavy atom. The summed E-state index contributed by atoms with van der Waals surface area (Å²) in [7, 11) is 1.48. The highest BCUT2D eigenvalue weighted by atomic mass is 19.4. The maximum absolute atomic E-state index is 12.1. The molecule has 102 valence electrons. The zero-order valence-electron chi connectivity index (χ0n) is 10.5. The van der Waals surface area contributed by atoms with Crippen molar-refractivity contribution in [2.75, 3.05) is 26.6 Å². The summed E-state index contributed by atoms with van der Waals surface area (Å²) in [5, 5.41) is 0. The number of hydrogen-bond donors (Lipinski definition) is 0. The predicted molar refractivity (Wildman–Crippen MR) is 67.3 cm³/mol. The maximum atomic E-state index is 12.1. The van der Waals surface area contributed by atoms with Gasteiger partial charge in [-0.2, -0.15) is 0 Å². The molecule has 0 bridgehead atoms. The molecule has 0 atom stereocenters. The molecule has 0 saturated carbocycles. The van der Waals surface area contributed by atoms with Crippen molar-refractivity contribution in [2.24, 2.45) is 0 Å². The van der Waals surface area contributed by atoms with Gasteiger partial charge in [0, 0.05) is 6.61 Å². The van der Waals surface area contributed by atoms with Gasteiger partial charge in [0.2, 0.25) is 0 Å². The van der Waals surface area contributed by atoms with E-state index in [2.05, 4.69) is 0 Å². The van der Waals surface area contributed by atoms with Crippen molar-refractivity contribution >= 4 is 6.98 Å². The zero-order chi connectivity index (χ0) is 13.4. The van der Waals surface area contributed by atoms with E-state index < -0.39 is 13.4 Å². The average Bonchev–Trinajstić information content (AvgIpc) is 2.27. The third-order valence-corrected chi connectivity index (χ3v) is 2.46. The lowest BCUT2D eigenvalue weighted by atomic mass is 9.91. The molecule has 0 aromatic heterocycles. The molecule has 6 heteroatoms. The molecule has 18 heavy (non-hydrogen) atoms. The molecule has 1 rings (SSSR count). The van der Waals surface area contributed by atoms with E-state index in [0.717, 1.165) is 5.56 Å². The zero-order valence-corrected chi connectivity index (χ0v) is 10.5. The summed E-state index contributed by atoms with van der Waals surface area (Å²) in [5.74, 6) is 0. The van der Waals surface area contributed by atoms with E-state index in [1.807, 2.05) is 30.3 Å². The predicted octanol–water partition coefficient (Wildman–Crippen LogP) is 2.91. The van der Waals surface area contributed by atoms with Gasteiger partial charge in [0.05, 0.1) is 6.61 Å². The van der Waals surface area contributed by atoms with Crippen molar-refractivity contribution in [1.29, 1.82) is 0 Å². The molecule has 0 aliphatic heterocycles. The highest BCUT2D eigenvalue weighted by molar-refractivity contribution is 6.58. The second-order valence-electron chi connectivity index (χ2n) is 4.36. The smallest absolute Gasteiger partial charge is 0.448 e. The summed E-state index contributed by atoms with van der Waals surface area (Å²) < 4.78 is 41.7. The van der Waals surface area contributed by atoms with Gasteiger partial charge in [-0.15, -0.1) is 0 Å². The fourth-order valence-electron chi connectivity index (χ4n) is 1.65. The highest BCUT2D eigenvalue weighted by Gasteiger charge is 2.24. The number of hydrogen-bond acceptors (Lipinski definition) is 2. The van der Waals surface area contributed by atoms with Gasteiger partial charge in [-0.3, -0.25) is 0 Å². The summed E-state index contributed by atoms with van der Waals surface area (Å²) in [5.41, 5.74) is 1.07. The van der Waals surface area contributed by atoms with Crippen LogP contribution in [0.25, 0.3) is 0 Å². The van der Waals surface area contributed by atoms with Crippen molar-refractivity contribution in [3.63, 3.8) is 0 Å². The van der Waals surface area contributed by atoms with E-state index in [4.69, 9.17) is 4.74 Å². The number of nitrogens with zero attached hydrogens (tertiary/aromatic N) is 1. The van der Waals surface area contributed by atoms with Gasteiger partial charge in [0.25, 0.3) is 0 Å². The Kier molecular flexibility index (Phi) is 6.22. The summed E-state index contributed by atoms with van der Waals surface area (Å²) in [6.45, 7) is -3.34. The Bertz CT molecular complexity index is 332. The lowest BCUT2D eigenvalue weighted by Gasteiger charge is -2.23. The van der Waals surface area contributed by atoms with Crippen molar-refractivity contribution in [3.8, 4) is 0 Å². The lowest BCUT2D eigenvalue weighted by molar-refractivity contribution is 0.112. The van der Waals surface area contributed by atoms with E-state index in [9.17, 15) is 12.9 Å². The van der Waals surface area contributed by atoms with Crippen LogP contribution in [0.4, 0.5) is 12.9 Å². The first kappa shape index (κ1) is 15.1. The van der Waals surface area contributed by atoms with Crippen LogP contribution in [0.2, 0.25) is 0 Å². The minimum atomic E-state index is -4.72. The van der Waals surface area contributed by atoms with Gasteiger partial charge in [0.1, 0.15) is 0 Å². The molecule has 0 aliphatic rings. The van der Waals surface area contributed by atoms with Crippen LogP contribution in [0.15, 0.2) is 30.3 Å². The Balaban J connectivity index is 2.05. The SMILES string of the molecule is CN(CCCOCc1ccccc1)C[B-](F)(F)F. The maximum Gasteiger partial charge on any atom is 0.492 e. The molecule has 0 radical (unpaired) electrons. The molecule has 0 N–H and O–H groups in total. The van der Waals surface area contributed by atoms with Gasteiger partial charge in [-0.05, 0) is 32.0 Å². The van der Waals surface area contributed by atoms with Crippen LogP contribution in [0.3, 0.4) is 0 Å². The Morgan fingerprint density at radius 2 is 1.83 bits per heavy atom. The van der Waals surface area contributed by atoms with Crippen molar-refractivity contribution in [3.05, 3.63) is 35.9 Å². The molecule has 0 unspecified atom stereocenters. The molecule has 0 amide bonds. The normalized spacial score (nSPS) is 12.1. The van der Waals surface area contributed by atoms with Crippen LogP contribution in [0.1, 0.15) is 12.0 Å². The molecule has 0 spiro atoms. The molecule has 2 nitrogen and oxygen atoms in total. The Labute approximate surface area is 106 Å². The standard InChI is InChI=1S/C12H18BF3NO/c1-17(11-13(14,15)16)8-5-9-18-10-12-6-3-2-4-7-12/h2-4,6-7H,5,8-11H2,1H3/q-1. The fourth-order valence-corrected chi connectivity index (χ4v) is 1.65. The van der Waals surface area contributed by atoms with E-state index in [1.165, 1.54) is 11.9 Å². The monoisotopic (exact) mass is 260 g/mol. The van der Waals surface area contributed by atoms with Crippen LogP contribution in [-0.2, 0) is 11.3 Å². The number of rotatable bonds is 8. The van der Waals surface area contributed by atoms with Crippen LogP contribution in [0, 0.1) is 0 Å². The fraction of sp³-hybridized carbons (Fsp3) is 0.500. The lowest BCUT2D eigenvalue weighted by Crippen LogP contribution is -2.36. The van der Waals surface area contributed by atoms with Crippen LogP contribution >= 0.6 is 0 Å². The third-order valence-electron chi connectivity index (χ3n) is 2.46. The average molecular weight is 260 g/mol. The number of halogens is 3. The topological polar surface area (TPSA) is 12.5 Å². The molecular weight excluding hydrogens is 242 g/mol. The molecule has 0 heterocycles. The van der Waals surface area contributed by atoms with Crippen LogP contribution in [0.5, 0.6) is 0 Å². The number of ether oxygens (including phenoxy) is 1. The first-order chi connectivity index (χ1) is 8.47. The molecule has 0 fully saturated rings. The second-order valence-corrected chi connectivity index (χ2v) is 4.36. The number of benzene rings is 1. The first-order valence-electron chi connectivity index (χ1n) is 5.98. The van der Waals surface area contributed by atoms with Gasteiger partial charge < -0.3 is 22.6 Å². The first-order valence-corrected chi connectivity index (χ1v) is 5.98. The Hall–Kier alpha value is -1.01. The van der Waals surface area contributed by atoms with Crippen molar-refractivity contribution in [1.82, 2.24) is 4.90 Å². The summed E-state index contributed by atoms with van der Waals surface area (Å²) in [6, 6.07) is 9.70. The second kappa shape index (κ2) is 7.43. The third kappa shape index (κ3) is 7.35. The Morgan fingerprint density at radius 1 is 1.17 bits per heavy atom. The minimum Gasteiger partial charge on any atom is -0.448 e. The summed E-state index contributed by atoms with van der Waals surface area (Å²) in [4.78, 5) is 1.28. The van der Waals surface area contributed by atoms with Gasteiger partial charge in [0.15, 0.2) is 0 Å². The van der Waals surface area contributed by atoms with Gasteiger partial charge in [-0.25, -0.2) is 0 Å².